The first-order valence-corrected chi connectivity index (χ1v) is 4.86. The van der Waals surface area contributed by atoms with E-state index in [0.717, 1.165) is 5.56 Å². The van der Waals surface area contributed by atoms with E-state index in [9.17, 15) is 4.79 Å². The summed E-state index contributed by atoms with van der Waals surface area (Å²) in [6, 6.07) is 9.75. The van der Waals surface area contributed by atoms with Crippen LogP contribution in [0.15, 0.2) is 30.3 Å². The fourth-order valence-electron chi connectivity index (χ4n) is 1.40. The van der Waals surface area contributed by atoms with Crippen molar-refractivity contribution in [1.29, 1.82) is 0 Å². The molecule has 0 bridgehead atoms. The molecule has 1 aromatic carbocycles. The minimum Gasteiger partial charge on any atom is -0.481 e. The number of rotatable bonds is 4. The molecule has 0 aliphatic heterocycles. The number of benzene rings is 1. The Morgan fingerprint density at radius 2 is 1.93 bits per heavy atom. The van der Waals surface area contributed by atoms with Gasteiger partial charge in [0.15, 0.2) is 0 Å². The van der Waals surface area contributed by atoms with Crippen LogP contribution in [-0.4, -0.2) is 11.1 Å². The van der Waals surface area contributed by atoms with E-state index in [1.807, 2.05) is 37.3 Å². The van der Waals surface area contributed by atoms with Gasteiger partial charge in [0.2, 0.25) is 0 Å². The number of hydrogen-bond donors (Lipinski definition) is 1. The van der Waals surface area contributed by atoms with Crippen LogP contribution in [0.25, 0.3) is 0 Å². The van der Waals surface area contributed by atoms with E-state index in [4.69, 9.17) is 5.11 Å². The monoisotopic (exact) mass is 192 g/mol. The van der Waals surface area contributed by atoms with Gasteiger partial charge in [0.1, 0.15) is 0 Å². The van der Waals surface area contributed by atoms with Crippen LogP contribution in [0.1, 0.15) is 25.8 Å². The molecule has 1 N–H and O–H groups in total. The molecule has 0 saturated heterocycles. The van der Waals surface area contributed by atoms with Crippen molar-refractivity contribution < 1.29 is 9.90 Å². The molecule has 0 spiro atoms. The van der Waals surface area contributed by atoms with Gasteiger partial charge < -0.3 is 5.11 Å². The lowest BCUT2D eigenvalue weighted by Gasteiger charge is -2.22. The lowest BCUT2D eigenvalue weighted by molar-refractivity contribution is -0.148. The second kappa shape index (κ2) is 4.27. The molecule has 0 fully saturated rings. The Balaban J connectivity index is 2.81. The first-order valence-electron chi connectivity index (χ1n) is 4.86. The zero-order chi connectivity index (χ0) is 10.6. The minimum atomic E-state index is -0.719. The van der Waals surface area contributed by atoms with Crippen molar-refractivity contribution >= 4 is 5.97 Å². The van der Waals surface area contributed by atoms with Crippen molar-refractivity contribution in [2.75, 3.05) is 0 Å². The highest BCUT2D eigenvalue weighted by atomic mass is 16.4. The van der Waals surface area contributed by atoms with Gasteiger partial charge in [-0.2, -0.15) is 0 Å². The third-order valence-corrected chi connectivity index (χ3v) is 2.73. The Morgan fingerprint density at radius 1 is 1.36 bits per heavy atom. The predicted molar refractivity (Wildman–Crippen MR) is 56.2 cm³/mol. The van der Waals surface area contributed by atoms with E-state index < -0.39 is 11.4 Å². The van der Waals surface area contributed by atoms with E-state index >= 15 is 0 Å². The maximum Gasteiger partial charge on any atom is 0.309 e. The summed E-state index contributed by atoms with van der Waals surface area (Å²) in [5.74, 6) is -0.719. The highest BCUT2D eigenvalue weighted by molar-refractivity contribution is 5.74. The van der Waals surface area contributed by atoms with Gasteiger partial charge in [-0.3, -0.25) is 4.79 Å². The maximum absolute atomic E-state index is 11.1. The smallest absolute Gasteiger partial charge is 0.309 e. The van der Waals surface area contributed by atoms with Crippen LogP contribution < -0.4 is 0 Å². The average Bonchev–Trinajstić information content (AvgIpc) is 2.19. The SMILES string of the molecule is CCC(C)(Cc1ccccc1)C(=O)O. The molecule has 2 nitrogen and oxygen atoms in total. The molecule has 0 aromatic heterocycles. The Labute approximate surface area is 84.6 Å². The van der Waals surface area contributed by atoms with Gasteiger partial charge in [-0.15, -0.1) is 0 Å². The average molecular weight is 192 g/mol. The van der Waals surface area contributed by atoms with Crippen LogP contribution in [0, 0.1) is 5.41 Å². The Hall–Kier alpha value is -1.31. The summed E-state index contributed by atoms with van der Waals surface area (Å²) in [7, 11) is 0. The zero-order valence-electron chi connectivity index (χ0n) is 8.66. The maximum atomic E-state index is 11.1. The summed E-state index contributed by atoms with van der Waals surface area (Å²) in [6.07, 6.45) is 1.25. The predicted octanol–water partition coefficient (Wildman–Crippen LogP) is 2.73. The van der Waals surface area contributed by atoms with Gasteiger partial charge in [-0.25, -0.2) is 0 Å². The summed E-state index contributed by atoms with van der Waals surface area (Å²) >= 11 is 0. The molecule has 1 rings (SSSR count). The van der Waals surface area contributed by atoms with E-state index in [0.29, 0.717) is 12.8 Å². The van der Waals surface area contributed by atoms with Crippen molar-refractivity contribution in [3.05, 3.63) is 35.9 Å². The topological polar surface area (TPSA) is 37.3 Å². The zero-order valence-corrected chi connectivity index (χ0v) is 8.66. The molecular formula is C12H16O2. The van der Waals surface area contributed by atoms with E-state index in [-0.39, 0.29) is 0 Å². The van der Waals surface area contributed by atoms with E-state index in [1.165, 1.54) is 0 Å². The second-order valence-corrected chi connectivity index (χ2v) is 3.88. The summed E-state index contributed by atoms with van der Waals surface area (Å²) in [5, 5.41) is 9.09. The van der Waals surface area contributed by atoms with Gasteiger partial charge in [-0.1, -0.05) is 37.3 Å². The highest BCUT2D eigenvalue weighted by Gasteiger charge is 2.30. The van der Waals surface area contributed by atoms with Crippen LogP contribution in [-0.2, 0) is 11.2 Å². The largest absolute Gasteiger partial charge is 0.481 e. The second-order valence-electron chi connectivity index (χ2n) is 3.88. The first kappa shape index (κ1) is 10.8. The lowest BCUT2D eigenvalue weighted by atomic mass is 9.81. The Kier molecular flexibility index (Phi) is 3.28. The standard InChI is InChI=1S/C12H16O2/c1-3-12(2,11(13)14)9-10-7-5-4-6-8-10/h4-8H,3,9H2,1-2H3,(H,13,14). The summed E-state index contributed by atoms with van der Waals surface area (Å²) in [6.45, 7) is 3.71. The lowest BCUT2D eigenvalue weighted by Crippen LogP contribution is -2.29. The fraction of sp³-hybridized carbons (Fsp3) is 0.417. The minimum absolute atomic E-state index is 0.597. The molecule has 0 saturated carbocycles. The number of aliphatic carboxylic acids is 1. The number of carboxylic acids is 1. The van der Waals surface area contributed by atoms with Crippen molar-refractivity contribution in [3.8, 4) is 0 Å². The van der Waals surface area contributed by atoms with Crippen LogP contribution in [0.3, 0.4) is 0 Å². The van der Waals surface area contributed by atoms with Crippen molar-refractivity contribution in [2.24, 2.45) is 5.41 Å². The Morgan fingerprint density at radius 3 is 2.36 bits per heavy atom. The molecule has 0 aliphatic rings. The third kappa shape index (κ3) is 2.34. The summed E-state index contributed by atoms with van der Waals surface area (Å²) in [4.78, 5) is 11.1. The molecule has 0 aliphatic carbocycles. The summed E-state index contributed by atoms with van der Waals surface area (Å²) in [5.41, 5.74) is 0.445. The van der Waals surface area contributed by atoms with Gasteiger partial charge in [-0.05, 0) is 25.3 Å². The normalized spacial score (nSPS) is 14.7. The van der Waals surface area contributed by atoms with Crippen LogP contribution >= 0.6 is 0 Å². The third-order valence-electron chi connectivity index (χ3n) is 2.73. The van der Waals surface area contributed by atoms with Gasteiger partial charge >= 0.3 is 5.97 Å². The summed E-state index contributed by atoms with van der Waals surface area (Å²) < 4.78 is 0. The number of hydrogen-bond acceptors (Lipinski definition) is 1. The van der Waals surface area contributed by atoms with Crippen molar-refractivity contribution in [1.82, 2.24) is 0 Å². The van der Waals surface area contributed by atoms with Crippen molar-refractivity contribution in [2.45, 2.75) is 26.7 Å². The quantitative estimate of drug-likeness (QED) is 0.796. The highest BCUT2D eigenvalue weighted by Crippen LogP contribution is 2.26. The Bertz CT molecular complexity index is 305. The molecule has 1 aromatic rings. The molecule has 14 heavy (non-hydrogen) atoms. The van der Waals surface area contributed by atoms with E-state index in [1.54, 1.807) is 6.92 Å². The van der Waals surface area contributed by atoms with E-state index in [2.05, 4.69) is 0 Å². The van der Waals surface area contributed by atoms with Crippen LogP contribution in [0.5, 0.6) is 0 Å². The molecule has 0 radical (unpaired) electrons. The molecule has 0 heterocycles. The van der Waals surface area contributed by atoms with Crippen molar-refractivity contribution in [3.63, 3.8) is 0 Å². The fourth-order valence-corrected chi connectivity index (χ4v) is 1.40. The number of carbonyl (C=O) groups is 1. The van der Waals surface area contributed by atoms with Crippen LogP contribution in [0.2, 0.25) is 0 Å². The van der Waals surface area contributed by atoms with Crippen LogP contribution in [0.4, 0.5) is 0 Å². The first-order chi connectivity index (χ1) is 6.58. The molecule has 76 valence electrons. The molecule has 2 heteroatoms. The van der Waals surface area contributed by atoms with Gasteiger partial charge in [0.05, 0.1) is 5.41 Å². The number of carboxylic acid groups (broad SMARTS) is 1. The van der Waals surface area contributed by atoms with Gasteiger partial charge in [0.25, 0.3) is 0 Å². The van der Waals surface area contributed by atoms with Gasteiger partial charge in [0, 0.05) is 0 Å². The molecule has 1 atom stereocenters. The molecule has 0 amide bonds. The molecule has 1 unspecified atom stereocenters. The molecular weight excluding hydrogens is 176 g/mol.